The van der Waals surface area contributed by atoms with Crippen LogP contribution in [0, 0.1) is 11.6 Å². The van der Waals surface area contributed by atoms with Gasteiger partial charge < -0.3 is 20.5 Å². The van der Waals surface area contributed by atoms with Crippen molar-refractivity contribution in [3.63, 3.8) is 0 Å². The van der Waals surface area contributed by atoms with Gasteiger partial charge in [-0.05, 0) is 36.4 Å². The van der Waals surface area contributed by atoms with Crippen molar-refractivity contribution in [3.8, 4) is 17.0 Å². The number of rotatable bonds is 11. The number of benzene rings is 2. The average molecular weight is 519 g/mol. The predicted molar refractivity (Wildman–Crippen MR) is 130 cm³/mol. The van der Waals surface area contributed by atoms with Crippen LogP contribution in [0.3, 0.4) is 0 Å². The number of hydrogen-bond acceptors (Lipinski definition) is 8. The number of fused-ring (bicyclic) bond motifs is 1. The number of aromatic nitrogens is 3. The summed E-state index contributed by atoms with van der Waals surface area (Å²) in [4.78, 5) is 8.67. The van der Waals surface area contributed by atoms with Crippen LogP contribution in [0.15, 0.2) is 59.9 Å². The zero-order chi connectivity index (χ0) is 25.7. The van der Waals surface area contributed by atoms with Crippen LogP contribution < -0.4 is 20.5 Å². The van der Waals surface area contributed by atoms with Gasteiger partial charge in [0.15, 0.2) is 23.0 Å². The molecule has 10 nitrogen and oxygen atoms in total. The van der Waals surface area contributed by atoms with Crippen LogP contribution in [0.2, 0.25) is 0 Å². The number of methoxy groups -OCH3 is 1. The fourth-order valence-electron chi connectivity index (χ4n) is 3.46. The Morgan fingerprint density at radius 1 is 1.06 bits per heavy atom. The van der Waals surface area contributed by atoms with E-state index in [0.717, 1.165) is 0 Å². The summed E-state index contributed by atoms with van der Waals surface area (Å²) >= 11 is 0. The maximum atomic E-state index is 14.7. The van der Waals surface area contributed by atoms with Gasteiger partial charge in [-0.25, -0.2) is 27.5 Å². The summed E-state index contributed by atoms with van der Waals surface area (Å²) in [7, 11) is -2.45. The van der Waals surface area contributed by atoms with Gasteiger partial charge in [0, 0.05) is 36.7 Å². The second kappa shape index (κ2) is 11.0. The molecule has 13 heteroatoms. The van der Waals surface area contributed by atoms with E-state index in [-0.39, 0.29) is 29.4 Å². The van der Waals surface area contributed by atoms with Crippen molar-refractivity contribution >= 4 is 27.2 Å². The van der Waals surface area contributed by atoms with Gasteiger partial charge in [-0.15, -0.1) is 0 Å². The summed E-state index contributed by atoms with van der Waals surface area (Å²) in [6.45, 7) is 1.05. The smallest absolute Gasteiger partial charge is 0.240 e. The molecule has 0 fully saturated rings. The Balaban J connectivity index is 1.54. The molecule has 36 heavy (non-hydrogen) atoms. The molecule has 0 radical (unpaired) electrons. The third-order valence-corrected chi connectivity index (χ3v) is 6.68. The van der Waals surface area contributed by atoms with Gasteiger partial charge in [0.2, 0.25) is 15.8 Å². The quantitative estimate of drug-likeness (QED) is 0.258. The molecule has 2 heterocycles. The van der Waals surface area contributed by atoms with Crippen LogP contribution in [0.25, 0.3) is 16.9 Å². The lowest BCUT2D eigenvalue weighted by Gasteiger charge is -2.10. The number of nitrogens with zero attached hydrogens (tertiary/aromatic N) is 3. The standard InChI is InChI=1S/C23H24F2N6O4S/c1-34-19-7-6-17(20(24)21(19)25)18-14-28-23-22(27-9-11-31(18)23)30-15-2-4-16(5-3-15)36(32,33)29-10-13-35-12-8-26/h2-7,9,11,14,29H,8,10,12-13,26H2,1H3,(H,27,30). The second-order valence-electron chi connectivity index (χ2n) is 7.50. The second-order valence-corrected chi connectivity index (χ2v) is 9.27. The molecule has 4 rings (SSSR count). The number of hydrogen-bond donors (Lipinski definition) is 3. The lowest BCUT2D eigenvalue weighted by atomic mass is 10.1. The topological polar surface area (TPSA) is 133 Å². The van der Waals surface area contributed by atoms with E-state index in [4.69, 9.17) is 15.2 Å². The molecule has 2 aromatic heterocycles. The van der Waals surface area contributed by atoms with Gasteiger partial charge >= 0.3 is 0 Å². The first kappa shape index (κ1) is 25.4. The molecule has 0 saturated heterocycles. The van der Waals surface area contributed by atoms with Gasteiger partial charge in [0.25, 0.3) is 0 Å². The van der Waals surface area contributed by atoms with Gasteiger partial charge in [-0.3, -0.25) is 4.40 Å². The molecular weight excluding hydrogens is 494 g/mol. The van der Waals surface area contributed by atoms with Crippen molar-refractivity contribution in [1.82, 2.24) is 19.1 Å². The van der Waals surface area contributed by atoms with Crippen molar-refractivity contribution in [3.05, 3.63) is 66.6 Å². The zero-order valence-electron chi connectivity index (χ0n) is 19.2. The Labute approximate surface area is 206 Å². The van der Waals surface area contributed by atoms with E-state index >= 15 is 0 Å². The Morgan fingerprint density at radius 3 is 2.56 bits per heavy atom. The highest BCUT2D eigenvalue weighted by atomic mass is 32.2. The van der Waals surface area contributed by atoms with Crippen LogP contribution in [0.1, 0.15) is 0 Å². The minimum absolute atomic E-state index is 0.00781. The molecule has 190 valence electrons. The van der Waals surface area contributed by atoms with Gasteiger partial charge in [-0.2, -0.15) is 4.39 Å². The number of ether oxygens (including phenoxy) is 2. The van der Waals surface area contributed by atoms with E-state index in [2.05, 4.69) is 20.0 Å². The van der Waals surface area contributed by atoms with Crippen molar-refractivity contribution in [2.75, 3.05) is 38.7 Å². The van der Waals surface area contributed by atoms with Crippen molar-refractivity contribution in [1.29, 1.82) is 0 Å². The highest BCUT2D eigenvalue weighted by molar-refractivity contribution is 7.89. The normalized spacial score (nSPS) is 11.7. The van der Waals surface area contributed by atoms with Crippen LogP contribution in [-0.2, 0) is 14.8 Å². The number of anilines is 2. The Bertz CT molecular complexity index is 1460. The summed E-state index contributed by atoms with van der Waals surface area (Å²) in [5, 5.41) is 3.07. The Hall–Kier alpha value is -3.65. The first-order valence-electron chi connectivity index (χ1n) is 10.8. The molecule has 4 aromatic rings. The molecule has 0 unspecified atom stereocenters. The third-order valence-electron chi connectivity index (χ3n) is 5.20. The van der Waals surface area contributed by atoms with Gasteiger partial charge in [0.1, 0.15) is 0 Å². The summed E-state index contributed by atoms with van der Waals surface area (Å²) in [5.41, 5.74) is 6.56. The van der Waals surface area contributed by atoms with Crippen LogP contribution in [0.4, 0.5) is 20.3 Å². The first-order chi connectivity index (χ1) is 17.4. The van der Waals surface area contributed by atoms with E-state index in [0.29, 0.717) is 36.0 Å². The predicted octanol–water partition coefficient (Wildman–Crippen LogP) is 2.68. The third kappa shape index (κ3) is 5.28. The maximum absolute atomic E-state index is 14.7. The molecule has 0 aliphatic rings. The Morgan fingerprint density at radius 2 is 1.83 bits per heavy atom. The van der Waals surface area contributed by atoms with E-state index < -0.39 is 21.7 Å². The number of nitrogens with one attached hydrogen (secondary N) is 2. The van der Waals surface area contributed by atoms with Crippen molar-refractivity contribution in [2.45, 2.75) is 4.90 Å². The first-order valence-corrected chi connectivity index (χ1v) is 12.3. The number of imidazole rings is 1. The van der Waals surface area contributed by atoms with Crippen LogP contribution >= 0.6 is 0 Å². The molecule has 0 amide bonds. The Kier molecular flexibility index (Phi) is 7.74. The molecule has 0 aliphatic heterocycles. The monoisotopic (exact) mass is 518 g/mol. The van der Waals surface area contributed by atoms with E-state index in [1.54, 1.807) is 22.7 Å². The summed E-state index contributed by atoms with van der Waals surface area (Å²) in [6, 6.07) is 8.78. The molecule has 0 saturated carbocycles. The van der Waals surface area contributed by atoms with E-state index in [1.165, 1.54) is 43.8 Å². The number of nitrogens with two attached hydrogens (primary N) is 1. The summed E-state index contributed by atoms with van der Waals surface area (Å²) in [6.07, 6.45) is 4.46. The average Bonchev–Trinajstić information content (AvgIpc) is 3.31. The maximum Gasteiger partial charge on any atom is 0.240 e. The van der Waals surface area contributed by atoms with E-state index in [1.807, 2.05) is 0 Å². The highest BCUT2D eigenvalue weighted by Gasteiger charge is 2.19. The van der Waals surface area contributed by atoms with Crippen LogP contribution in [-0.4, -0.2) is 56.2 Å². The number of sulfonamides is 1. The van der Waals surface area contributed by atoms with Gasteiger partial charge in [0.05, 0.1) is 37.1 Å². The fourth-order valence-corrected chi connectivity index (χ4v) is 4.48. The fraction of sp³-hybridized carbons (Fsp3) is 0.217. The van der Waals surface area contributed by atoms with Crippen molar-refractivity contribution in [2.24, 2.45) is 5.73 Å². The largest absolute Gasteiger partial charge is 0.494 e. The number of halogens is 2. The lowest BCUT2D eigenvalue weighted by molar-refractivity contribution is 0.147. The van der Waals surface area contributed by atoms with Gasteiger partial charge in [-0.1, -0.05) is 0 Å². The minimum Gasteiger partial charge on any atom is -0.494 e. The molecule has 4 N–H and O–H groups in total. The molecule has 0 bridgehead atoms. The SMILES string of the molecule is COc1ccc(-c2cnc3c(Nc4ccc(S(=O)(=O)NCCOCCN)cc4)nccn23)c(F)c1F. The molecular formula is C23H24F2N6O4S. The molecule has 0 atom stereocenters. The zero-order valence-corrected chi connectivity index (χ0v) is 20.1. The molecule has 2 aromatic carbocycles. The van der Waals surface area contributed by atoms with Crippen molar-refractivity contribution < 1.29 is 26.7 Å². The van der Waals surface area contributed by atoms with E-state index in [9.17, 15) is 17.2 Å². The highest BCUT2D eigenvalue weighted by Crippen LogP contribution is 2.31. The molecule has 0 spiro atoms. The molecule has 0 aliphatic carbocycles. The minimum atomic E-state index is -3.71. The lowest BCUT2D eigenvalue weighted by Crippen LogP contribution is -2.28. The summed E-state index contributed by atoms with van der Waals surface area (Å²) < 4.78 is 67.8. The van der Waals surface area contributed by atoms with Crippen LogP contribution in [0.5, 0.6) is 5.75 Å². The summed E-state index contributed by atoms with van der Waals surface area (Å²) in [5.74, 6) is -2.01.